The molecule has 0 saturated carbocycles. The Morgan fingerprint density at radius 2 is 2.27 bits per heavy atom. The highest BCUT2D eigenvalue weighted by Gasteiger charge is 2.23. The van der Waals surface area contributed by atoms with Gasteiger partial charge in [-0.1, -0.05) is 28.4 Å². The molecule has 8 heteroatoms. The zero-order valence-electron chi connectivity index (χ0n) is 11.9. The molecule has 22 heavy (non-hydrogen) atoms. The predicted octanol–water partition coefficient (Wildman–Crippen LogP) is 2.95. The normalized spacial score (nSPS) is 13.9. The minimum absolute atomic E-state index is 0.177. The number of urea groups is 1. The molecule has 3 rings (SSSR count). The molecule has 0 radical (unpaired) electrons. The number of halogens is 2. The monoisotopic (exact) mass is 340 g/mol. The first-order valence-electron chi connectivity index (χ1n) is 6.81. The number of nitrogens with one attached hydrogen (secondary N) is 1. The van der Waals surface area contributed by atoms with Crippen molar-refractivity contribution in [2.24, 2.45) is 0 Å². The number of rotatable bonds is 2. The molecular formula is C14H14Cl2N4O2. The number of nitrogens with zero attached hydrogens (tertiary/aromatic N) is 3. The van der Waals surface area contributed by atoms with Crippen LogP contribution >= 0.6 is 23.2 Å². The van der Waals surface area contributed by atoms with Crippen molar-refractivity contribution in [2.75, 3.05) is 6.54 Å². The lowest BCUT2D eigenvalue weighted by atomic mass is 10.00. The second kappa shape index (κ2) is 6.14. The van der Waals surface area contributed by atoms with E-state index in [1.54, 1.807) is 17.9 Å². The van der Waals surface area contributed by atoms with Crippen LogP contribution in [0.5, 0.6) is 0 Å². The Morgan fingerprint density at radius 1 is 1.45 bits per heavy atom. The van der Waals surface area contributed by atoms with Gasteiger partial charge in [-0.05, 0) is 29.7 Å². The first-order chi connectivity index (χ1) is 10.5. The molecule has 1 aromatic carbocycles. The number of fused-ring (bicyclic) bond motifs is 1. The molecule has 1 aromatic heterocycles. The molecule has 0 bridgehead atoms. The van der Waals surface area contributed by atoms with Gasteiger partial charge in [0.2, 0.25) is 5.89 Å². The molecule has 1 aliphatic rings. The molecule has 0 unspecified atom stereocenters. The summed E-state index contributed by atoms with van der Waals surface area (Å²) in [4.78, 5) is 18.0. The third-order valence-electron chi connectivity index (χ3n) is 3.50. The van der Waals surface area contributed by atoms with Gasteiger partial charge in [0.1, 0.15) is 0 Å². The molecule has 0 saturated heterocycles. The Balaban J connectivity index is 1.65. The second-order valence-corrected chi connectivity index (χ2v) is 5.93. The first-order valence-corrected chi connectivity index (χ1v) is 7.57. The van der Waals surface area contributed by atoms with Gasteiger partial charge in [0, 0.05) is 30.1 Å². The van der Waals surface area contributed by atoms with Gasteiger partial charge in [0.25, 0.3) is 0 Å². The summed E-state index contributed by atoms with van der Waals surface area (Å²) >= 11 is 12.2. The lowest BCUT2D eigenvalue weighted by Gasteiger charge is -2.29. The van der Waals surface area contributed by atoms with Crippen LogP contribution < -0.4 is 5.32 Å². The zero-order valence-corrected chi connectivity index (χ0v) is 13.4. The average molecular weight is 341 g/mol. The number of benzene rings is 1. The SMILES string of the molecule is Cc1nc(CNC(=O)N2CCc3c(Cl)cc(Cl)cc3C2)no1. The maximum absolute atomic E-state index is 12.2. The van der Waals surface area contributed by atoms with Crippen LogP contribution in [0.1, 0.15) is 22.8 Å². The van der Waals surface area contributed by atoms with Crippen molar-refractivity contribution in [3.05, 3.63) is 45.0 Å². The minimum Gasteiger partial charge on any atom is -0.340 e. The summed E-state index contributed by atoms with van der Waals surface area (Å²) in [6.45, 7) is 3.02. The van der Waals surface area contributed by atoms with E-state index in [2.05, 4.69) is 15.5 Å². The van der Waals surface area contributed by atoms with Gasteiger partial charge in [-0.2, -0.15) is 4.98 Å². The molecule has 0 spiro atoms. The highest BCUT2D eigenvalue weighted by Crippen LogP contribution is 2.29. The number of carbonyl (C=O) groups excluding carboxylic acids is 1. The molecule has 6 nitrogen and oxygen atoms in total. The van der Waals surface area contributed by atoms with Crippen molar-refractivity contribution in [2.45, 2.75) is 26.4 Å². The Bertz CT molecular complexity index is 717. The number of aromatic nitrogens is 2. The summed E-state index contributed by atoms with van der Waals surface area (Å²) in [6.07, 6.45) is 0.708. The van der Waals surface area contributed by atoms with E-state index >= 15 is 0 Å². The third kappa shape index (κ3) is 3.18. The van der Waals surface area contributed by atoms with Crippen LogP contribution in [0.2, 0.25) is 10.0 Å². The largest absolute Gasteiger partial charge is 0.340 e. The standard InChI is InChI=1S/C14H14Cl2N4O2/c1-8-18-13(19-22-8)6-17-14(21)20-3-2-11-9(7-20)4-10(15)5-12(11)16/h4-5H,2-3,6-7H2,1H3,(H,17,21). The number of hydrogen-bond acceptors (Lipinski definition) is 4. The number of carbonyl (C=O) groups is 1. The predicted molar refractivity (Wildman–Crippen MR) is 81.8 cm³/mol. The van der Waals surface area contributed by atoms with Gasteiger partial charge in [-0.25, -0.2) is 4.79 Å². The minimum atomic E-state index is -0.177. The Morgan fingerprint density at radius 3 is 3.00 bits per heavy atom. The van der Waals surface area contributed by atoms with E-state index < -0.39 is 0 Å². The summed E-state index contributed by atoms with van der Waals surface area (Å²) in [7, 11) is 0. The zero-order chi connectivity index (χ0) is 15.7. The number of amides is 2. The summed E-state index contributed by atoms with van der Waals surface area (Å²) < 4.78 is 4.86. The highest BCUT2D eigenvalue weighted by molar-refractivity contribution is 6.35. The van der Waals surface area contributed by atoms with Crippen molar-refractivity contribution in [1.29, 1.82) is 0 Å². The van der Waals surface area contributed by atoms with E-state index in [1.165, 1.54) is 0 Å². The smallest absolute Gasteiger partial charge is 0.318 e. The van der Waals surface area contributed by atoms with Crippen molar-refractivity contribution >= 4 is 29.2 Å². The molecule has 0 aliphatic carbocycles. The Kier molecular flexibility index (Phi) is 4.22. The van der Waals surface area contributed by atoms with Gasteiger partial charge in [-0.3, -0.25) is 0 Å². The van der Waals surface area contributed by atoms with Gasteiger partial charge in [-0.15, -0.1) is 0 Å². The Hall–Kier alpha value is -1.79. The van der Waals surface area contributed by atoms with Crippen LogP contribution in [0.3, 0.4) is 0 Å². The van der Waals surface area contributed by atoms with E-state index in [4.69, 9.17) is 27.7 Å². The molecule has 2 aromatic rings. The van der Waals surface area contributed by atoms with E-state index in [0.717, 1.165) is 11.1 Å². The summed E-state index contributed by atoms with van der Waals surface area (Å²) in [5, 5.41) is 7.75. The van der Waals surface area contributed by atoms with E-state index in [0.29, 0.717) is 41.3 Å². The van der Waals surface area contributed by atoms with Crippen LogP contribution in [0.4, 0.5) is 4.79 Å². The average Bonchev–Trinajstić information content (AvgIpc) is 2.89. The fourth-order valence-corrected chi connectivity index (χ4v) is 3.09. The van der Waals surface area contributed by atoms with Crippen LogP contribution in [0.25, 0.3) is 0 Å². The molecule has 1 N–H and O–H groups in total. The van der Waals surface area contributed by atoms with Gasteiger partial charge >= 0.3 is 6.03 Å². The van der Waals surface area contributed by atoms with Crippen molar-refractivity contribution in [1.82, 2.24) is 20.4 Å². The molecule has 116 valence electrons. The van der Waals surface area contributed by atoms with Crippen molar-refractivity contribution in [3.63, 3.8) is 0 Å². The lowest BCUT2D eigenvalue weighted by molar-refractivity contribution is 0.191. The van der Waals surface area contributed by atoms with Crippen molar-refractivity contribution in [3.8, 4) is 0 Å². The van der Waals surface area contributed by atoms with E-state index in [1.807, 2.05) is 6.07 Å². The maximum Gasteiger partial charge on any atom is 0.318 e. The molecule has 0 fully saturated rings. The maximum atomic E-state index is 12.2. The number of hydrogen-bond donors (Lipinski definition) is 1. The quantitative estimate of drug-likeness (QED) is 0.912. The van der Waals surface area contributed by atoms with Crippen molar-refractivity contribution < 1.29 is 9.32 Å². The van der Waals surface area contributed by atoms with Crippen LogP contribution in [-0.4, -0.2) is 27.6 Å². The fraction of sp³-hybridized carbons (Fsp3) is 0.357. The molecule has 2 amide bonds. The topological polar surface area (TPSA) is 71.3 Å². The van der Waals surface area contributed by atoms with Crippen LogP contribution in [0, 0.1) is 6.92 Å². The summed E-state index contributed by atoms with van der Waals surface area (Å²) in [5.74, 6) is 0.926. The lowest BCUT2D eigenvalue weighted by Crippen LogP contribution is -2.42. The Labute approximate surface area is 137 Å². The molecule has 0 atom stereocenters. The number of aryl methyl sites for hydroxylation is 1. The highest BCUT2D eigenvalue weighted by atomic mass is 35.5. The summed E-state index contributed by atoms with van der Waals surface area (Å²) in [6, 6.07) is 3.41. The van der Waals surface area contributed by atoms with E-state index in [9.17, 15) is 4.79 Å². The molecule has 2 heterocycles. The van der Waals surface area contributed by atoms with Gasteiger partial charge in [0.05, 0.1) is 6.54 Å². The van der Waals surface area contributed by atoms with Gasteiger partial charge in [0.15, 0.2) is 5.82 Å². The summed E-state index contributed by atoms with van der Waals surface area (Å²) in [5.41, 5.74) is 2.04. The fourth-order valence-electron chi connectivity index (χ4n) is 2.46. The second-order valence-electron chi connectivity index (χ2n) is 5.09. The third-order valence-corrected chi connectivity index (χ3v) is 4.06. The van der Waals surface area contributed by atoms with Crippen LogP contribution in [0.15, 0.2) is 16.7 Å². The first kappa shape index (κ1) is 15.1. The van der Waals surface area contributed by atoms with Gasteiger partial charge < -0.3 is 14.7 Å². The molecular weight excluding hydrogens is 327 g/mol. The van der Waals surface area contributed by atoms with Crippen LogP contribution in [-0.2, 0) is 19.5 Å². The van der Waals surface area contributed by atoms with E-state index in [-0.39, 0.29) is 12.6 Å². The molecule has 1 aliphatic heterocycles.